The third kappa shape index (κ3) is 8.74. The van der Waals surface area contributed by atoms with Gasteiger partial charge in [-0.3, -0.25) is 9.59 Å². The Morgan fingerprint density at radius 3 is 2.41 bits per heavy atom. The number of likely N-dealkylation sites (N-methyl/N-ethyl adjacent to an activating group) is 1. The predicted octanol–water partition coefficient (Wildman–Crippen LogP) is 3.98. The zero-order valence-corrected chi connectivity index (χ0v) is 24.2. The quantitative estimate of drug-likeness (QED) is 0.314. The molecule has 1 atom stereocenters. The number of aromatic nitrogens is 1. The Bertz CT molecular complexity index is 1270. The van der Waals surface area contributed by atoms with Gasteiger partial charge in [-0.25, -0.2) is 4.98 Å². The van der Waals surface area contributed by atoms with Gasteiger partial charge in [0.2, 0.25) is 11.8 Å². The van der Waals surface area contributed by atoms with Crippen LogP contribution in [0.1, 0.15) is 22.3 Å². The van der Waals surface area contributed by atoms with E-state index in [0.29, 0.717) is 32.8 Å². The van der Waals surface area contributed by atoms with Crippen LogP contribution in [-0.4, -0.2) is 86.3 Å². The molecule has 8 nitrogen and oxygen atoms in total. The van der Waals surface area contributed by atoms with E-state index in [4.69, 9.17) is 9.47 Å². The van der Waals surface area contributed by atoms with E-state index in [9.17, 15) is 9.59 Å². The molecule has 0 N–H and O–H groups in total. The van der Waals surface area contributed by atoms with Gasteiger partial charge in [-0.05, 0) is 35.8 Å². The first-order chi connectivity index (χ1) is 19.9. The minimum absolute atomic E-state index is 0.138. The number of methoxy groups -OCH3 is 1. The van der Waals surface area contributed by atoms with Crippen molar-refractivity contribution in [3.63, 3.8) is 0 Å². The van der Waals surface area contributed by atoms with E-state index in [1.807, 2.05) is 73.7 Å². The molecule has 1 aromatic heterocycles. The van der Waals surface area contributed by atoms with Gasteiger partial charge in [-0.15, -0.1) is 0 Å². The summed E-state index contributed by atoms with van der Waals surface area (Å²) >= 11 is 0. The molecular weight excluding hydrogens is 516 g/mol. The fourth-order valence-electron chi connectivity index (χ4n) is 4.73. The zero-order valence-electron chi connectivity index (χ0n) is 24.2. The molecule has 0 bridgehead atoms. The van der Waals surface area contributed by atoms with Crippen LogP contribution in [0, 0.1) is 6.92 Å². The topological polar surface area (TPSA) is 75.2 Å². The third-order valence-electron chi connectivity index (χ3n) is 7.22. The van der Waals surface area contributed by atoms with Crippen molar-refractivity contribution in [3.8, 4) is 0 Å². The van der Waals surface area contributed by atoms with Crippen LogP contribution in [0.15, 0.2) is 79.0 Å². The van der Waals surface area contributed by atoms with Crippen molar-refractivity contribution in [3.05, 3.63) is 101 Å². The average Bonchev–Trinajstić information content (AvgIpc) is 3.02. The van der Waals surface area contributed by atoms with E-state index < -0.39 is 6.04 Å². The van der Waals surface area contributed by atoms with Crippen LogP contribution in [0.3, 0.4) is 0 Å². The maximum atomic E-state index is 13.9. The molecule has 0 radical (unpaired) electrons. The van der Waals surface area contributed by atoms with Gasteiger partial charge >= 0.3 is 0 Å². The Kier molecular flexibility index (Phi) is 11.0. The number of carbonyl (C=O) groups is 2. The maximum Gasteiger partial charge on any atom is 0.247 e. The van der Waals surface area contributed by atoms with Gasteiger partial charge in [0.25, 0.3) is 0 Å². The lowest BCUT2D eigenvalue weighted by atomic mass is 10.0. The minimum Gasteiger partial charge on any atom is -0.383 e. The van der Waals surface area contributed by atoms with Crippen molar-refractivity contribution in [1.82, 2.24) is 14.8 Å². The first kappa shape index (κ1) is 30.0. The Morgan fingerprint density at radius 1 is 1.02 bits per heavy atom. The third-order valence-corrected chi connectivity index (χ3v) is 7.22. The van der Waals surface area contributed by atoms with Crippen molar-refractivity contribution in [2.45, 2.75) is 25.9 Å². The number of benzene rings is 2. The molecule has 1 saturated heterocycles. The van der Waals surface area contributed by atoms with E-state index in [0.717, 1.165) is 41.2 Å². The first-order valence-corrected chi connectivity index (χ1v) is 14.1. The normalized spacial score (nSPS) is 14.2. The van der Waals surface area contributed by atoms with E-state index >= 15 is 0 Å². The van der Waals surface area contributed by atoms with Crippen LogP contribution in [0.4, 0.5) is 5.82 Å². The van der Waals surface area contributed by atoms with Crippen molar-refractivity contribution in [2.75, 3.05) is 58.5 Å². The van der Waals surface area contributed by atoms with Crippen LogP contribution in [0.2, 0.25) is 0 Å². The lowest BCUT2D eigenvalue weighted by Gasteiger charge is -2.33. The van der Waals surface area contributed by atoms with Gasteiger partial charge < -0.3 is 24.2 Å². The Morgan fingerprint density at radius 2 is 1.76 bits per heavy atom. The second-order valence-corrected chi connectivity index (χ2v) is 10.3. The molecule has 41 heavy (non-hydrogen) atoms. The molecule has 1 aliphatic rings. The molecule has 2 aromatic carbocycles. The number of ether oxygens (including phenoxy) is 2. The monoisotopic (exact) mass is 556 g/mol. The van der Waals surface area contributed by atoms with E-state index in [1.54, 1.807) is 42.3 Å². The number of amides is 2. The molecule has 0 saturated carbocycles. The molecule has 0 unspecified atom stereocenters. The summed E-state index contributed by atoms with van der Waals surface area (Å²) in [6.07, 6.45) is 5.54. The molecule has 216 valence electrons. The van der Waals surface area contributed by atoms with Crippen LogP contribution in [0.5, 0.6) is 0 Å². The van der Waals surface area contributed by atoms with Crippen LogP contribution in [0.25, 0.3) is 6.08 Å². The highest BCUT2D eigenvalue weighted by molar-refractivity contribution is 5.95. The van der Waals surface area contributed by atoms with Gasteiger partial charge in [0.15, 0.2) is 0 Å². The molecular formula is C33H40N4O4. The SMILES string of the molecule is COCCN(C)C(=O)[C@H](Cc1ccccc1)N(Cc1ccc(N2CCOCC2)nc1)C(=O)/C=C/c1ccc(C)cc1. The number of hydrogen-bond acceptors (Lipinski definition) is 6. The van der Waals surface area contributed by atoms with Crippen LogP contribution in [-0.2, 0) is 32.0 Å². The van der Waals surface area contributed by atoms with E-state index in [1.165, 1.54) is 0 Å². The summed E-state index contributed by atoms with van der Waals surface area (Å²) in [7, 11) is 3.36. The highest BCUT2D eigenvalue weighted by Crippen LogP contribution is 2.19. The molecule has 0 spiro atoms. The van der Waals surface area contributed by atoms with Gasteiger partial charge in [0, 0.05) is 59.0 Å². The average molecular weight is 557 g/mol. The summed E-state index contributed by atoms with van der Waals surface area (Å²) in [5, 5.41) is 0. The molecule has 4 rings (SSSR count). The van der Waals surface area contributed by atoms with Crippen molar-refractivity contribution in [2.24, 2.45) is 0 Å². The molecule has 1 aliphatic heterocycles. The number of pyridine rings is 1. The maximum absolute atomic E-state index is 13.9. The van der Waals surface area contributed by atoms with Crippen molar-refractivity contribution >= 4 is 23.7 Å². The van der Waals surface area contributed by atoms with Crippen LogP contribution < -0.4 is 4.90 Å². The molecule has 2 amide bonds. The largest absolute Gasteiger partial charge is 0.383 e. The molecule has 3 aromatic rings. The summed E-state index contributed by atoms with van der Waals surface area (Å²) in [5.41, 5.74) is 3.90. The van der Waals surface area contributed by atoms with E-state index in [-0.39, 0.29) is 18.4 Å². The smallest absolute Gasteiger partial charge is 0.247 e. The summed E-state index contributed by atoms with van der Waals surface area (Å²) < 4.78 is 10.7. The summed E-state index contributed by atoms with van der Waals surface area (Å²) in [6.45, 7) is 6.06. The Labute approximate surface area is 243 Å². The van der Waals surface area contributed by atoms with Crippen molar-refractivity contribution in [1.29, 1.82) is 0 Å². The van der Waals surface area contributed by atoms with Gasteiger partial charge in [0.05, 0.1) is 19.8 Å². The number of nitrogens with zero attached hydrogens (tertiary/aromatic N) is 4. The molecule has 0 aliphatic carbocycles. The lowest BCUT2D eigenvalue weighted by Crippen LogP contribution is -2.51. The van der Waals surface area contributed by atoms with Gasteiger partial charge in [0.1, 0.15) is 11.9 Å². The number of morpholine rings is 1. The molecule has 1 fully saturated rings. The standard InChI is InChI=1S/C33H40N4O4/c1-26-9-11-27(12-10-26)14-16-32(38)37(25-29-13-15-31(34-24-29)36-18-21-41-22-19-36)30(23-28-7-5-4-6-8-28)33(39)35(2)17-20-40-3/h4-16,24,30H,17-23,25H2,1-3H3/b16-14+/t30-/m0/s1. The first-order valence-electron chi connectivity index (χ1n) is 14.1. The zero-order chi connectivity index (χ0) is 29.0. The molecule has 2 heterocycles. The Balaban J connectivity index is 1.64. The summed E-state index contributed by atoms with van der Waals surface area (Å²) in [6, 6.07) is 21.0. The minimum atomic E-state index is -0.714. The fraction of sp³-hybridized carbons (Fsp3) is 0.364. The highest BCUT2D eigenvalue weighted by Gasteiger charge is 2.31. The molecule has 8 heteroatoms. The summed E-state index contributed by atoms with van der Waals surface area (Å²) in [4.78, 5) is 37.9. The van der Waals surface area contributed by atoms with Gasteiger partial charge in [-0.1, -0.05) is 66.2 Å². The predicted molar refractivity (Wildman–Crippen MR) is 161 cm³/mol. The number of carbonyl (C=O) groups excluding carboxylic acids is 2. The number of rotatable bonds is 12. The second-order valence-electron chi connectivity index (χ2n) is 10.3. The summed E-state index contributed by atoms with van der Waals surface area (Å²) in [5.74, 6) is 0.503. The van der Waals surface area contributed by atoms with Crippen LogP contribution >= 0.6 is 0 Å². The number of aryl methyl sites for hydroxylation is 1. The van der Waals surface area contributed by atoms with Gasteiger partial charge in [-0.2, -0.15) is 0 Å². The number of hydrogen-bond donors (Lipinski definition) is 0. The van der Waals surface area contributed by atoms with E-state index in [2.05, 4.69) is 9.88 Å². The highest BCUT2D eigenvalue weighted by atomic mass is 16.5. The Hall–Kier alpha value is -4.01. The number of anilines is 1. The second kappa shape index (κ2) is 15.1. The fourth-order valence-corrected chi connectivity index (χ4v) is 4.73. The lowest BCUT2D eigenvalue weighted by molar-refractivity contribution is -0.143. The van der Waals surface area contributed by atoms with Crippen molar-refractivity contribution < 1.29 is 19.1 Å².